The van der Waals surface area contributed by atoms with E-state index in [1.165, 1.54) is 12.1 Å². The minimum Gasteiger partial charge on any atom is -0.493 e. The van der Waals surface area contributed by atoms with Gasteiger partial charge in [0.2, 0.25) is 0 Å². The third-order valence-electron chi connectivity index (χ3n) is 3.21. The number of halogens is 2. The van der Waals surface area contributed by atoms with Crippen LogP contribution in [0.15, 0.2) is 24.4 Å². The van der Waals surface area contributed by atoms with Crippen molar-refractivity contribution >= 4 is 0 Å². The summed E-state index contributed by atoms with van der Waals surface area (Å²) in [5.74, 6) is -0.512. The molecule has 0 amide bonds. The normalized spacial score (nSPS) is 12.4. The van der Waals surface area contributed by atoms with Crippen LogP contribution < -0.4 is 10.1 Å². The van der Waals surface area contributed by atoms with Crippen molar-refractivity contribution in [3.8, 4) is 5.75 Å². The predicted molar refractivity (Wildman–Crippen MR) is 71.6 cm³/mol. The van der Waals surface area contributed by atoms with Gasteiger partial charge >= 0.3 is 0 Å². The molecular formula is C14H17F2N3O. The molecule has 0 spiro atoms. The van der Waals surface area contributed by atoms with Gasteiger partial charge in [-0.05, 0) is 31.2 Å². The van der Waals surface area contributed by atoms with Gasteiger partial charge in [0.15, 0.2) is 5.75 Å². The molecule has 1 unspecified atom stereocenters. The Morgan fingerprint density at radius 1 is 1.30 bits per heavy atom. The zero-order valence-electron chi connectivity index (χ0n) is 11.7. The number of ether oxygens (including phenoxy) is 1. The molecule has 0 fully saturated rings. The number of aryl methyl sites for hydroxylation is 1. The van der Waals surface area contributed by atoms with Gasteiger partial charge in [0.1, 0.15) is 11.6 Å². The van der Waals surface area contributed by atoms with Crippen molar-refractivity contribution < 1.29 is 13.5 Å². The maximum atomic E-state index is 13.2. The highest BCUT2D eigenvalue weighted by atomic mass is 19.1. The van der Waals surface area contributed by atoms with Crippen molar-refractivity contribution in [2.45, 2.75) is 12.5 Å². The second-order valence-corrected chi connectivity index (χ2v) is 4.54. The fourth-order valence-electron chi connectivity index (χ4n) is 2.28. The fraction of sp³-hybridized carbons (Fsp3) is 0.357. The van der Waals surface area contributed by atoms with Crippen molar-refractivity contribution in [2.24, 2.45) is 7.05 Å². The molecule has 4 nitrogen and oxygen atoms in total. The van der Waals surface area contributed by atoms with E-state index >= 15 is 0 Å². The second-order valence-electron chi connectivity index (χ2n) is 4.54. The quantitative estimate of drug-likeness (QED) is 0.913. The first-order valence-electron chi connectivity index (χ1n) is 6.23. The third-order valence-corrected chi connectivity index (χ3v) is 3.21. The molecule has 1 aromatic carbocycles. The van der Waals surface area contributed by atoms with E-state index in [0.29, 0.717) is 17.7 Å². The van der Waals surface area contributed by atoms with E-state index in [2.05, 4.69) is 10.4 Å². The van der Waals surface area contributed by atoms with Gasteiger partial charge in [-0.3, -0.25) is 4.68 Å². The van der Waals surface area contributed by atoms with Crippen molar-refractivity contribution in [1.29, 1.82) is 0 Å². The minimum atomic E-state index is -0.577. The van der Waals surface area contributed by atoms with E-state index in [4.69, 9.17) is 4.74 Å². The van der Waals surface area contributed by atoms with Crippen LogP contribution in [0.3, 0.4) is 0 Å². The number of hydrogen-bond donors (Lipinski definition) is 1. The molecule has 1 atom stereocenters. The Hall–Kier alpha value is -1.95. The van der Waals surface area contributed by atoms with Crippen LogP contribution in [0.25, 0.3) is 0 Å². The van der Waals surface area contributed by atoms with E-state index in [0.717, 1.165) is 11.8 Å². The first kappa shape index (κ1) is 14.5. The van der Waals surface area contributed by atoms with Crippen molar-refractivity contribution in [3.63, 3.8) is 0 Å². The standard InChI is InChI=1S/C14H17F2N3O/c1-17-12(14-13(20-3)8-18-19(14)2)6-9-4-10(15)7-11(16)5-9/h4-5,7-8,12,17H,6H2,1-3H3. The Bertz CT molecular complexity index is 578. The number of nitrogens with one attached hydrogen (secondary N) is 1. The first-order valence-corrected chi connectivity index (χ1v) is 6.23. The number of hydrogen-bond acceptors (Lipinski definition) is 3. The molecule has 0 saturated carbocycles. The lowest BCUT2D eigenvalue weighted by Crippen LogP contribution is -2.22. The number of rotatable bonds is 5. The monoisotopic (exact) mass is 281 g/mol. The Balaban J connectivity index is 2.31. The molecule has 20 heavy (non-hydrogen) atoms. The van der Waals surface area contributed by atoms with Gasteiger partial charge in [0.05, 0.1) is 25.0 Å². The van der Waals surface area contributed by atoms with Crippen LogP contribution >= 0.6 is 0 Å². The van der Waals surface area contributed by atoms with E-state index < -0.39 is 11.6 Å². The van der Waals surface area contributed by atoms with Crippen LogP contribution in [0.4, 0.5) is 8.78 Å². The highest BCUT2D eigenvalue weighted by Gasteiger charge is 2.20. The Morgan fingerprint density at radius 3 is 2.50 bits per heavy atom. The molecule has 2 aromatic rings. The van der Waals surface area contributed by atoms with E-state index in [1.807, 2.05) is 0 Å². The van der Waals surface area contributed by atoms with Gasteiger partial charge in [-0.1, -0.05) is 0 Å². The molecule has 108 valence electrons. The first-order chi connectivity index (χ1) is 9.55. The summed E-state index contributed by atoms with van der Waals surface area (Å²) in [6, 6.07) is 3.37. The summed E-state index contributed by atoms with van der Waals surface area (Å²) in [5, 5.41) is 7.26. The van der Waals surface area contributed by atoms with Gasteiger partial charge in [0.25, 0.3) is 0 Å². The van der Waals surface area contributed by atoms with E-state index in [9.17, 15) is 8.78 Å². The number of methoxy groups -OCH3 is 1. The Morgan fingerprint density at radius 2 is 1.95 bits per heavy atom. The highest BCUT2D eigenvalue weighted by Crippen LogP contribution is 2.27. The molecule has 0 bridgehead atoms. The van der Waals surface area contributed by atoms with E-state index in [1.54, 1.807) is 32.1 Å². The van der Waals surface area contributed by atoms with Crippen LogP contribution in [-0.2, 0) is 13.5 Å². The number of likely N-dealkylation sites (N-methyl/N-ethyl adjacent to an activating group) is 1. The molecule has 1 heterocycles. The van der Waals surface area contributed by atoms with Crippen LogP contribution in [0, 0.1) is 11.6 Å². The summed E-state index contributed by atoms with van der Waals surface area (Å²) in [6.45, 7) is 0. The zero-order valence-corrected chi connectivity index (χ0v) is 11.7. The summed E-state index contributed by atoms with van der Waals surface area (Å²) in [6.07, 6.45) is 2.05. The van der Waals surface area contributed by atoms with Crippen LogP contribution in [0.2, 0.25) is 0 Å². The molecule has 0 radical (unpaired) electrons. The number of nitrogens with zero attached hydrogens (tertiary/aromatic N) is 2. The van der Waals surface area contributed by atoms with Crippen LogP contribution in [0.5, 0.6) is 5.75 Å². The molecule has 2 rings (SSSR count). The smallest absolute Gasteiger partial charge is 0.161 e. The summed E-state index contributed by atoms with van der Waals surface area (Å²) >= 11 is 0. The van der Waals surface area contributed by atoms with Gasteiger partial charge in [-0.2, -0.15) is 5.10 Å². The fourth-order valence-corrected chi connectivity index (χ4v) is 2.28. The van der Waals surface area contributed by atoms with Crippen molar-refractivity contribution in [1.82, 2.24) is 15.1 Å². The SMILES string of the molecule is CNC(Cc1cc(F)cc(F)c1)c1c(OC)cnn1C. The lowest BCUT2D eigenvalue weighted by molar-refractivity contribution is 0.396. The Labute approximate surface area is 116 Å². The Kier molecular flexibility index (Phi) is 4.34. The summed E-state index contributed by atoms with van der Waals surface area (Å²) in [7, 11) is 5.15. The van der Waals surface area contributed by atoms with Gasteiger partial charge in [-0.15, -0.1) is 0 Å². The molecule has 0 aliphatic heterocycles. The summed E-state index contributed by atoms with van der Waals surface area (Å²) in [5.41, 5.74) is 1.41. The number of aromatic nitrogens is 2. The average molecular weight is 281 g/mol. The van der Waals surface area contributed by atoms with Gasteiger partial charge < -0.3 is 10.1 Å². The van der Waals surface area contributed by atoms with Gasteiger partial charge in [0, 0.05) is 13.1 Å². The highest BCUT2D eigenvalue weighted by molar-refractivity contribution is 5.30. The molecule has 6 heteroatoms. The minimum absolute atomic E-state index is 0.154. The summed E-state index contributed by atoms with van der Waals surface area (Å²) < 4.78 is 33.4. The van der Waals surface area contributed by atoms with Gasteiger partial charge in [-0.25, -0.2) is 8.78 Å². The second kappa shape index (κ2) is 6.00. The molecule has 1 N–H and O–H groups in total. The molecule has 1 aromatic heterocycles. The summed E-state index contributed by atoms with van der Waals surface area (Å²) in [4.78, 5) is 0. The predicted octanol–water partition coefficient (Wildman–Crippen LogP) is 2.21. The maximum absolute atomic E-state index is 13.2. The van der Waals surface area contributed by atoms with Crippen molar-refractivity contribution in [3.05, 3.63) is 47.3 Å². The average Bonchev–Trinajstić information content (AvgIpc) is 2.76. The molecule has 0 aliphatic rings. The number of benzene rings is 1. The largest absolute Gasteiger partial charge is 0.493 e. The molecule has 0 aliphatic carbocycles. The lowest BCUT2D eigenvalue weighted by atomic mass is 10.0. The topological polar surface area (TPSA) is 39.1 Å². The zero-order chi connectivity index (χ0) is 14.7. The maximum Gasteiger partial charge on any atom is 0.161 e. The lowest BCUT2D eigenvalue weighted by Gasteiger charge is -2.18. The van der Waals surface area contributed by atoms with Crippen LogP contribution in [-0.4, -0.2) is 23.9 Å². The van der Waals surface area contributed by atoms with E-state index in [-0.39, 0.29) is 6.04 Å². The van der Waals surface area contributed by atoms with Crippen molar-refractivity contribution in [2.75, 3.05) is 14.2 Å². The molecular weight excluding hydrogens is 264 g/mol. The third kappa shape index (κ3) is 2.96. The van der Waals surface area contributed by atoms with Crippen LogP contribution in [0.1, 0.15) is 17.3 Å². The molecule has 0 saturated heterocycles.